The van der Waals surface area contributed by atoms with Crippen molar-refractivity contribution in [2.24, 2.45) is 7.05 Å². The Labute approximate surface area is 179 Å². The van der Waals surface area contributed by atoms with Crippen LogP contribution in [0.2, 0.25) is 0 Å². The van der Waals surface area contributed by atoms with Crippen molar-refractivity contribution in [3.8, 4) is 6.07 Å². The van der Waals surface area contributed by atoms with E-state index in [0.29, 0.717) is 18.1 Å². The van der Waals surface area contributed by atoms with Gasteiger partial charge in [-0.15, -0.1) is 0 Å². The fourth-order valence-corrected chi connectivity index (χ4v) is 3.91. The largest absolute Gasteiger partial charge is 0.467 e. The highest BCUT2D eigenvalue weighted by Crippen LogP contribution is 2.29. The monoisotopic (exact) mass is 419 g/mol. The molecule has 31 heavy (non-hydrogen) atoms. The lowest BCUT2D eigenvalue weighted by Crippen LogP contribution is -2.42. The van der Waals surface area contributed by atoms with Crippen LogP contribution in [-0.4, -0.2) is 15.6 Å². The average Bonchev–Trinajstić information content (AvgIpc) is 3.32. The first-order chi connectivity index (χ1) is 15.1. The van der Waals surface area contributed by atoms with Crippen LogP contribution in [0.3, 0.4) is 0 Å². The van der Waals surface area contributed by atoms with E-state index in [4.69, 9.17) is 4.42 Å². The van der Waals surface area contributed by atoms with Crippen LogP contribution < -0.4 is 16.1 Å². The fraction of sp³-hybridized carbons (Fsp3) is 0.348. The van der Waals surface area contributed by atoms with E-state index >= 15 is 0 Å². The van der Waals surface area contributed by atoms with Crippen LogP contribution in [-0.2, 0) is 13.6 Å². The third-order valence-corrected chi connectivity index (χ3v) is 5.58. The molecule has 160 valence electrons. The Bertz CT molecular complexity index is 1180. The van der Waals surface area contributed by atoms with Crippen molar-refractivity contribution in [1.82, 2.24) is 9.55 Å². The molecule has 0 radical (unpaired) electrons. The van der Waals surface area contributed by atoms with E-state index in [-0.39, 0.29) is 11.6 Å². The zero-order valence-corrected chi connectivity index (χ0v) is 17.5. The van der Waals surface area contributed by atoms with Crippen molar-refractivity contribution >= 4 is 11.5 Å². The van der Waals surface area contributed by atoms with E-state index in [1.165, 1.54) is 13.5 Å². The van der Waals surface area contributed by atoms with Crippen LogP contribution in [0.15, 0.2) is 62.7 Å². The highest BCUT2D eigenvalue weighted by atomic mass is 16.3. The van der Waals surface area contributed by atoms with Crippen molar-refractivity contribution in [1.29, 1.82) is 0 Å². The molecule has 0 unspecified atom stereocenters. The van der Waals surface area contributed by atoms with Crippen molar-refractivity contribution in [3.63, 3.8) is 0 Å². The molecule has 8 nitrogen and oxygen atoms in total. The molecule has 0 bridgehead atoms. The summed E-state index contributed by atoms with van der Waals surface area (Å²) in [5, 5.41) is 0. The van der Waals surface area contributed by atoms with Gasteiger partial charge >= 0.3 is 11.8 Å². The molecule has 1 saturated carbocycles. The van der Waals surface area contributed by atoms with Crippen LogP contribution in [0.5, 0.6) is 0 Å². The molecule has 0 spiro atoms. The Morgan fingerprint density at radius 2 is 1.94 bits per heavy atom. The topological polar surface area (TPSA) is 89.7 Å². The molecule has 8 heteroatoms. The van der Waals surface area contributed by atoms with Crippen LogP contribution in [0, 0.1) is 6.07 Å². The van der Waals surface area contributed by atoms with Crippen LogP contribution >= 0.6 is 0 Å². The maximum absolute atomic E-state index is 13.0. The van der Waals surface area contributed by atoms with E-state index in [9.17, 15) is 9.59 Å². The quantitative estimate of drug-likeness (QED) is 0.624. The molecule has 1 N–H and O–H groups in total. The summed E-state index contributed by atoms with van der Waals surface area (Å²) in [6, 6.07) is 15.9. The highest BCUT2D eigenvalue weighted by Gasteiger charge is 2.28. The van der Waals surface area contributed by atoms with Gasteiger partial charge in [-0.05, 0) is 25.0 Å². The maximum Gasteiger partial charge on any atom is 0.329 e. The molecule has 2 aromatic heterocycles. The lowest BCUT2D eigenvalue weighted by Gasteiger charge is -2.35. The Morgan fingerprint density at radius 3 is 2.65 bits per heavy atom. The minimum absolute atomic E-state index is 0.174. The van der Waals surface area contributed by atoms with Crippen molar-refractivity contribution in [2.45, 2.75) is 44.7 Å². The Balaban J connectivity index is 1.76. The molecule has 2 heterocycles. The first-order valence-corrected chi connectivity index (χ1v) is 10.5. The second-order valence-corrected chi connectivity index (χ2v) is 7.66. The SMILES string of the molecule is Cn1c(=O)[nH]c(N(Cc2ccco2)C2CCCCC2)c(C#[N+][N-]c2ccccc2)c1=O. The number of nitrogens with zero attached hydrogens (tertiary/aromatic N) is 4. The molecule has 4 rings (SSSR count). The molecule has 1 aliphatic carbocycles. The Morgan fingerprint density at radius 1 is 1.16 bits per heavy atom. The third kappa shape index (κ3) is 4.72. The summed E-state index contributed by atoms with van der Waals surface area (Å²) >= 11 is 0. The molecule has 0 saturated heterocycles. The predicted molar refractivity (Wildman–Crippen MR) is 120 cm³/mol. The van der Waals surface area contributed by atoms with E-state index in [1.807, 2.05) is 47.4 Å². The number of hydrogen-bond acceptors (Lipinski definition) is 4. The predicted octanol–water partition coefficient (Wildman–Crippen LogP) is 4.31. The summed E-state index contributed by atoms with van der Waals surface area (Å²) in [5.41, 5.74) is 4.00. The van der Waals surface area contributed by atoms with Gasteiger partial charge in [0.05, 0.1) is 12.8 Å². The normalized spacial score (nSPS) is 14.0. The number of benzene rings is 1. The van der Waals surface area contributed by atoms with Gasteiger partial charge in [-0.25, -0.2) is 4.79 Å². The fourth-order valence-electron chi connectivity index (χ4n) is 3.91. The number of furan rings is 1. The van der Waals surface area contributed by atoms with Gasteiger partial charge in [-0.1, -0.05) is 60.2 Å². The molecule has 3 aromatic rings. The second-order valence-electron chi connectivity index (χ2n) is 7.66. The molecular formula is C23H25N5O3. The first kappa shape index (κ1) is 20.5. The summed E-state index contributed by atoms with van der Waals surface area (Å²) in [4.78, 5) is 34.4. The number of aromatic nitrogens is 2. The minimum Gasteiger partial charge on any atom is -0.467 e. The van der Waals surface area contributed by atoms with Crippen molar-refractivity contribution in [3.05, 3.63) is 91.3 Å². The van der Waals surface area contributed by atoms with Gasteiger partial charge in [0.2, 0.25) is 5.56 Å². The lowest BCUT2D eigenvalue weighted by molar-refractivity contribution is 0.395. The molecular weight excluding hydrogens is 394 g/mol. The van der Waals surface area contributed by atoms with Gasteiger partial charge in [0.25, 0.3) is 5.56 Å². The molecule has 1 fully saturated rings. The highest BCUT2D eigenvalue weighted by molar-refractivity contribution is 5.56. The van der Waals surface area contributed by atoms with Gasteiger partial charge in [0, 0.05) is 13.1 Å². The Hall–Kier alpha value is -3.73. The maximum atomic E-state index is 13.0. The summed E-state index contributed by atoms with van der Waals surface area (Å²) in [7, 11) is 1.43. The average molecular weight is 419 g/mol. The number of nitrogens with one attached hydrogen (secondary N) is 1. The molecule has 1 aromatic carbocycles. The standard InChI is InChI=1S/C23H25N5O3/c1-27-22(29)20(15-24-26-17-9-4-2-5-10-17)21(25-23(27)30)28(16-19-13-8-14-31-19)18-11-6-3-7-12-18/h2,4-5,8-10,13-14,18H,3,6-7,11-12,16H2,1H3,(H,25,30). The van der Waals surface area contributed by atoms with E-state index in [1.54, 1.807) is 6.26 Å². The number of hydrogen-bond donors (Lipinski definition) is 1. The van der Waals surface area contributed by atoms with E-state index < -0.39 is 11.2 Å². The molecule has 0 aliphatic heterocycles. The summed E-state index contributed by atoms with van der Waals surface area (Å²) < 4.78 is 6.58. The number of aromatic amines is 1. The van der Waals surface area contributed by atoms with Crippen molar-refractivity contribution in [2.75, 3.05) is 4.90 Å². The van der Waals surface area contributed by atoms with Gasteiger partial charge < -0.3 is 9.32 Å². The summed E-state index contributed by atoms with van der Waals surface area (Å²) in [5.74, 6) is 1.16. The summed E-state index contributed by atoms with van der Waals surface area (Å²) in [6.07, 6.45) is 6.96. The van der Waals surface area contributed by atoms with Gasteiger partial charge in [0.1, 0.15) is 11.6 Å². The van der Waals surface area contributed by atoms with Crippen LogP contribution in [0.25, 0.3) is 10.4 Å². The smallest absolute Gasteiger partial charge is 0.329 e. The molecule has 1 aliphatic rings. The van der Waals surface area contributed by atoms with Crippen LogP contribution in [0.4, 0.5) is 11.5 Å². The zero-order valence-electron chi connectivity index (χ0n) is 17.5. The minimum atomic E-state index is -0.481. The second kappa shape index (κ2) is 9.39. The van der Waals surface area contributed by atoms with Gasteiger partial charge in [0.15, 0.2) is 0 Å². The van der Waals surface area contributed by atoms with Gasteiger partial charge in [-0.3, -0.25) is 19.8 Å². The Kier molecular flexibility index (Phi) is 6.22. The number of anilines is 1. The molecule has 0 amide bonds. The van der Waals surface area contributed by atoms with Gasteiger partial charge in [-0.2, -0.15) is 0 Å². The van der Waals surface area contributed by atoms with Crippen LogP contribution in [0.1, 0.15) is 43.4 Å². The number of H-pyrrole nitrogens is 1. The van der Waals surface area contributed by atoms with E-state index in [2.05, 4.69) is 21.4 Å². The zero-order chi connectivity index (χ0) is 21.6. The first-order valence-electron chi connectivity index (χ1n) is 10.5. The molecule has 0 atom stereocenters. The van der Waals surface area contributed by atoms with E-state index in [0.717, 1.165) is 36.0 Å². The number of rotatable bonds is 5. The lowest BCUT2D eigenvalue weighted by atomic mass is 9.94. The van der Waals surface area contributed by atoms with Crippen molar-refractivity contribution < 1.29 is 4.42 Å². The third-order valence-electron chi connectivity index (χ3n) is 5.58. The summed E-state index contributed by atoms with van der Waals surface area (Å²) in [6.45, 7) is 0.436.